The molecular weight excluding hydrogens is 427 g/mol. The van der Waals surface area contributed by atoms with Crippen molar-refractivity contribution >= 4 is 29.9 Å². The molecule has 136 valence electrons. The first kappa shape index (κ1) is 19.7. The maximum atomic E-state index is 4.38. The molecule has 2 aromatic heterocycles. The first-order valence-corrected chi connectivity index (χ1v) is 8.62. The highest BCUT2D eigenvalue weighted by Crippen LogP contribution is 2.42. The number of hydrogen-bond donors (Lipinski definition) is 2. The molecular formula is C18H27IN6. The van der Waals surface area contributed by atoms with E-state index in [4.69, 9.17) is 0 Å². The van der Waals surface area contributed by atoms with Gasteiger partial charge in [-0.05, 0) is 42.4 Å². The molecule has 0 spiro atoms. The third kappa shape index (κ3) is 4.93. The minimum Gasteiger partial charge on any atom is -0.356 e. The topological polar surface area (TPSA) is 67.1 Å². The van der Waals surface area contributed by atoms with Crippen molar-refractivity contribution in [3.63, 3.8) is 0 Å². The summed E-state index contributed by atoms with van der Waals surface area (Å²) in [5.74, 6) is 1.73. The van der Waals surface area contributed by atoms with Crippen molar-refractivity contribution in [3.8, 4) is 5.82 Å². The second-order valence-electron chi connectivity index (χ2n) is 6.48. The molecule has 25 heavy (non-hydrogen) atoms. The van der Waals surface area contributed by atoms with E-state index in [1.165, 1.54) is 25.7 Å². The lowest BCUT2D eigenvalue weighted by Crippen LogP contribution is -2.46. The molecule has 1 aliphatic carbocycles. The number of imidazole rings is 1. The van der Waals surface area contributed by atoms with Gasteiger partial charge in [-0.15, -0.1) is 24.0 Å². The zero-order valence-corrected chi connectivity index (χ0v) is 17.2. The lowest BCUT2D eigenvalue weighted by Gasteiger charge is -2.41. The van der Waals surface area contributed by atoms with E-state index in [2.05, 4.69) is 38.6 Å². The molecule has 0 unspecified atom stereocenters. The van der Waals surface area contributed by atoms with Gasteiger partial charge in [0, 0.05) is 38.7 Å². The van der Waals surface area contributed by atoms with Crippen LogP contribution in [-0.4, -0.2) is 34.1 Å². The van der Waals surface area contributed by atoms with Crippen LogP contribution in [0.3, 0.4) is 0 Å². The molecule has 7 heteroatoms. The van der Waals surface area contributed by atoms with Crippen molar-refractivity contribution < 1.29 is 0 Å². The fourth-order valence-corrected chi connectivity index (χ4v) is 3.12. The Labute approximate surface area is 166 Å². The van der Waals surface area contributed by atoms with Crippen LogP contribution in [0.25, 0.3) is 5.82 Å². The quantitative estimate of drug-likeness (QED) is 0.400. The van der Waals surface area contributed by atoms with Crippen LogP contribution in [0.2, 0.25) is 0 Å². The van der Waals surface area contributed by atoms with Crippen LogP contribution in [0.15, 0.2) is 42.0 Å². The molecule has 6 nitrogen and oxygen atoms in total. The first-order valence-electron chi connectivity index (χ1n) is 8.62. The van der Waals surface area contributed by atoms with Gasteiger partial charge in [0.15, 0.2) is 5.96 Å². The predicted molar refractivity (Wildman–Crippen MR) is 112 cm³/mol. The van der Waals surface area contributed by atoms with Crippen molar-refractivity contribution in [2.24, 2.45) is 10.4 Å². The Hall–Kier alpha value is -1.64. The van der Waals surface area contributed by atoms with Crippen molar-refractivity contribution in [2.75, 3.05) is 13.6 Å². The molecule has 0 amide bonds. The Morgan fingerprint density at radius 3 is 2.76 bits per heavy atom. The number of aliphatic imine (C=N–C) groups is 1. The van der Waals surface area contributed by atoms with Gasteiger partial charge in [-0.2, -0.15) is 0 Å². The molecule has 0 aromatic carbocycles. The number of aromatic nitrogens is 3. The lowest BCUT2D eigenvalue weighted by atomic mass is 9.67. The number of rotatable bonds is 6. The monoisotopic (exact) mass is 454 g/mol. The molecule has 0 saturated heterocycles. The van der Waals surface area contributed by atoms with E-state index in [0.29, 0.717) is 12.0 Å². The summed E-state index contributed by atoms with van der Waals surface area (Å²) in [6, 6.07) is 4.07. The maximum Gasteiger partial charge on any atom is 0.191 e. The summed E-state index contributed by atoms with van der Waals surface area (Å²) >= 11 is 0. The highest BCUT2D eigenvalue weighted by molar-refractivity contribution is 14.0. The maximum absolute atomic E-state index is 4.38. The molecule has 0 aliphatic heterocycles. The van der Waals surface area contributed by atoms with Crippen LogP contribution < -0.4 is 10.6 Å². The van der Waals surface area contributed by atoms with Gasteiger partial charge in [0.05, 0.1) is 0 Å². The third-order valence-electron chi connectivity index (χ3n) is 5.06. The Bertz CT molecular complexity index is 673. The molecule has 3 rings (SSSR count). The molecule has 0 bridgehead atoms. The molecule has 0 radical (unpaired) electrons. The van der Waals surface area contributed by atoms with E-state index in [-0.39, 0.29) is 24.0 Å². The van der Waals surface area contributed by atoms with E-state index >= 15 is 0 Å². The van der Waals surface area contributed by atoms with E-state index < -0.39 is 0 Å². The Kier molecular flexibility index (Phi) is 7.22. The molecule has 1 saturated carbocycles. The second kappa shape index (κ2) is 9.17. The van der Waals surface area contributed by atoms with Gasteiger partial charge in [0.2, 0.25) is 0 Å². The molecule has 0 atom stereocenters. The average molecular weight is 454 g/mol. The van der Waals surface area contributed by atoms with Gasteiger partial charge in [0.1, 0.15) is 12.1 Å². The van der Waals surface area contributed by atoms with Crippen molar-refractivity contribution in [3.05, 3.63) is 42.6 Å². The van der Waals surface area contributed by atoms with Crippen molar-refractivity contribution in [1.29, 1.82) is 0 Å². The van der Waals surface area contributed by atoms with Gasteiger partial charge in [0.25, 0.3) is 0 Å². The number of halogens is 1. The SMILES string of the molecule is CCC1(CNC(=NC)NCc2ccnc(-n3ccnc3)c2)CCC1.I. The zero-order valence-electron chi connectivity index (χ0n) is 14.9. The molecule has 2 aromatic rings. The van der Waals surface area contributed by atoms with Crippen molar-refractivity contribution in [2.45, 2.75) is 39.2 Å². The number of pyridine rings is 1. The van der Waals surface area contributed by atoms with Gasteiger partial charge in [-0.25, -0.2) is 9.97 Å². The summed E-state index contributed by atoms with van der Waals surface area (Å²) in [5.41, 5.74) is 1.63. The van der Waals surface area contributed by atoms with Crippen LogP contribution in [0.5, 0.6) is 0 Å². The molecule has 2 heterocycles. The lowest BCUT2D eigenvalue weighted by molar-refractivity contribution is 0.131. The van der Waals surface area contributed by atoms with E-state index in [0.717, 1.165) is 23.9 Å². The largest absolute Gasteiger partial charge is 0.356 e. The molecule has 1 fully saturated rings. The second-order valence-corrected chi connectivity index (χ2v) is 6.48. The van der Waals surface area contributed by atoms with E-state index in [1.807, 2.05) is 30.1 Å². The van der Waals surface area contributed by atoms with Crippen LogP contribution >= 0.6 is 24.0 Å². The van der Waals surface area contributed by atoms with Gasteiger partial charge < -0.3 is 10.6 Å². The van der Waals surface area contributed by atoms with Gasteiger partial charge in [-0.3, -0.25) is 9.56 Å². The number of nitrogens with zero attached hydrogens (tertiary/aromatic N) is 4. The summed E-state index contributed by atoms with van der Waals surface area (Å²) in [4.78, 5) is 12.8. The fraction of sp³-hybridized carbons (Fsp3) is 0.500. The zero-order chi connectivity index (χ0) is 16.8. The Balaban J connectivity index is 0.00000225. The minimum absolute atomic E-state index is 0. The normalized spacial score (nSPS) is 15.8. The van der Waals surface area contributed by atoms with Crippen LogP contribution in [0, 0.1) is 5.41 Å². The fourth-order valence-electron chi connectivity index (χ4n) is 3.12. The number of hydrogen-bond acceptors (Lipinski definition) is 3. The van der Waals surface area contributed by atoms with Crippen LogP contribution in [-0.2, 0) is 6.54 Å². The standard InChI is InChI=1S/C18H26N6.HI/c1-3-18(6-4-7-18)13-23-17(19-2)22-12-15-5-8-21-16(11-15)24-10-9-20-14-24;/h5,8-11,14H,3-4,6-7,12-13H2,1-2H3,(H2,19,22,23);1H. The Morgan fingerprint density at radius 2 is 2.16 bits per heavy atom. The summed E-state index contributed by atoms with van der Waals surface area (Å²) < 4.78 is 1.90. The van der Waals surface area contributed by atoms with Crippen LogP contribution in [0.4, 0.5) is 0 Å². The van der Waals surface area contributed by atoms with Crippen molar-refractivity contribution in [1.82, 2.24) is 25.2 Å². The first-order chi connectivity index (χ1) is 11.7. The third-order valence-corrected chi connectivity index (χ3v) is 5.06. The number of guanidine groups is 1. The molecule has 1 aliphatic rings. The van der Waals surface area contributed by atoms with Gasteiger partial charge >= 0.3 is 0 Å². The van der Waals surface area contributed by atoms with Gasteiger partial charge in [-0.1, -0.05) is 13.3 Å². The van der Waals surface area contributed by atoms with E-state index in [9.17, 15) is 0 Å². The molecule has 2 N–H and O–H groups in total. The number of nitrogens with one attached hydrogen (secondary N) is 2. The van der Waals surface area contributed by atoms with E-state index in [1.54, 1.807) is 12.5 Å². The smallest absolute Gasteiger partial charge is 0.191 e. The summed E-state index contributed by atoms with van der Waals surface area (Å²) in [6.45, 7) is 3.99. The highest BCUT2D eigenvalue weighted by Gasteiger charge is 2.34. The minimum atomic E-state index is 0. The highest BCUT2D eigenvalue weighted by atomic mass is 127. The van der Waals surface area contributed by atoms with Crippen LogP contribution in [0.1, 0.15) is 38.2 Å². The predicted octanol–water partition coefficient (Wildman–Crippen LogP) is 3.13. The summed E-state index contributed by atoms with van der Waals surface area (Å²) in [5, 5.41) is 6.87. The summed E-state index contributed by atoms with van der Waals surface area (Å²) in [6.07, 6.45) is 12.5. The Morgan fingerprint density at radius 1 is 1.32 bits per heavy atom. The average Bonchev–Trinajstić information content (AvgIpc) is 3.12. The summed E-state index contributed by atoms with van der Waals surface area (Å²) in [7, 11) is 1.82.